The molecule has 1 aromatic rings. The van der Waals surface area contributed by atoms with Gasteiger partial charge in [-0.1, -0.05) is 0 Å². The molecule has 2 rings (SSSR count). The lowest BCUT2D eigenvalue weighted by Crippen LogP contribution is -2.39. The summed E-state index contributed by atoms with van der Waals surface area (Å²) in [5.41, 5.74) is 0. The monoisotopic (exact) mass is 353 g/mol. The largest absolute Gasteiger partial charge is 0.396 e. The Balaban J connectivity index is 2.20. The van der Waals surface area contributed by atoms with Crippen LogP contribution in [-0.4, -0.2) is 37.5 Å². The zero-order valence-electron chi connectivity index (χ0n) is 10.1. The maximum absolute atomic E-state index is 12.5. The first kappa shape index (κ1) is 14.5. The van der Waals surface area contributed by atoms with Crippen LogP contribution in [0.25, 0.3) is 0 Å². The lowest BCUT2D eigenvalue weighted by Gasteiger charge is -2.30. The van der Waals surface area contributed by atoms with E-state index in [1.807, 2.05) is 6.92 Å². The van der Waals surface area contributed by atoms with Gasteiger partial charge in [0.05, 0.1) is 8.68 Å². The molecule has 0 atom stereocenters. The van der Waals surface area contributed by atoms with Crippen molar-refractivity contribution < 1.29 is 13.5 Å². The average Bonchev–Trinajstić information content (AvgIpc) is 2.69. The van der Waals surface area contributed by atoms with E-state index in [9.17, 15) is 8.42 Å². The van der Waals surface area contributed by atoms with Crippen LogP contribution in [0.3, 0.4) is 0 Å². The van der Waals surface area contributed by atoms with E-state index in [1.165, 1.54) is 15.6 Å². The number of thiophene rings is 1. The van der Waals surface area contributed by atoms with Gasteiger partial charge in [-0.2, -0.15) is 4.31 Å². The number of halogens is 1. The quantitative estimate of drug-likeness (QED) is 0.906. The Morgan fingerprint density at radius 3 is 2.56 bits per heavy atom. The first-order chi connectivity index (χ1) is 8.45. The molecule has 7 heteroatoms. The molecule has 18 heavy (non-hydrogen) atoms. The molecule has 1 aromatic heterocycles. The second-order valence-corrected chi connectivity index (χ2v) is 9.04. The van der Waals surface area contributed by atoms with Gasteiger partial charge in [-0.25, -0.2) is 8.42 Å². The van der Waals surface area contributed by atoms with Crippen molar-refractivity contribution >= 4 is 37.3 Å². The van der Waals surface area contributed by atoms with Crippen LogP contribution < -0.4 is 0 Å². The second-order valence-electron chi connectivity index (χ2n) is 4.50. The SMILES string of the molecule is Cc1sc(Br)cc1S(=O)(=O)N1CCC(CO)CC1. The molecule has 1 N–H and O–H groups in total. The molecular formula is C11H16BrNO3S2. The highest BCUT2D eigenvalue weighted by Crippen LogP contribution is 2.32. The Bertz CT molecular complexity index is 518. The van der Waals surface area contributed by atoms with Gasteiger partial charge in [0.15, 0.2) is 0 Å². The van der Waals surface area contributed by atoms with Crippen LogP contribution in [0.1, 0.15) is 17.7 Å². The highest BCUT2D eigenvalue weighted by atomic mass is 79.9. The number of piperidine rings is 1. The van der Waals surface area contributed by atoms with E-state index < -0.39 is 10.0 Å². The van der Waals surface area contributed by atoms with Crippen molar-refractivity contribution in [2.45, 2.75) is 24.7 Å². The Morgan fingerprint density at radius 1 is 1.50 bits per heavy atom. The molecule has 1 aliphatic heterocycles. The summed E-state index contributed by atoms with van der Waals surface area (Å²) in [6.45, 7) is 2.97. The third kappa shape index (κ3) is 2.80. The predicted octanol–water partition coefficient (Wildman–Crippen LogP) is 2.21. The van der Waals surface area contributed by atoms with Crippen molar-refractivity contribution in [1.29, 1.82) is 0 Å². The lowest BCUT2D eigenvalue weighted by molar-refractivity contribution is 0.170. The van der Waals surface area contributed by atoms with Crippen LogP contribution in [0.15, 0.2) is 14.7 Å². The van der Waals surface area contributed by atoms with Gasteiger partial charge in [0.25, 0.3) is 0 Å². The van der Waals surface area contributed by atoms with Gasteiger partial charge in [-0.15, -0.1) is 11.3 Å². The maximum atomic E-state index is 12.5. The molecule has 0 unspecified atom stereocenters. The van der Waals surface area contributed by atoms with Crippen molar-refractivity contribution in [3.8, 4) is 0 Å². The molecule has 0 saturated carbocycles. The van der Waals surface area contributed by atoms with Gasteiger partial charge < -0.3 is 5.11 Å². The number of aryl methyl sites for hydroxylation is 1. The molecule has 0 amide bonds. The summed E-state index contributed by atoms with van der Waals surface area (Å²) in [6, 6.07) is 1.67. The molecule has 0 aromatic carbocycles. The van der Waals surface area contributed by atoms with E-state index in [2.05, 4.69) is 15.9 Å². The second kappa shape index (κ2) is 5.58. The number of hydrogen-bond donors (Lipinski definition) is 1. The Labute approximate surface area is 120 Å². The highest BCUT2D eigenvalue weighted by Gasteiger charge is 2.31. The summed E-state index contributed by atoms with van der Waals surface area (Å²) in [6.07, 6.45) is 1.47. The third-order valence-electron chi connectivity index (χ3n) is 3.29. The minimum absolute atomic E-state index is 0.150. The van der Waals surface area contributed by atoms with Gasteiger partial charge in [0.2, 0.25) is 10.0 Å². The third-order valence-corrected chi connectivity index (χ3v) is 7.00. The molecule has 2 heterocycles. The summed E-state index contributed by atoms with van der Waals surface area (Å²) in [5, 5.41) is 9.07. The summed E-state index contributed by atoms with van der Waals surface area (Å²) in [7, 11) is -3.37. The molecule has 0 spiro atoms. The molecule has 1 aliphatic rings. The van der Waals surface area contributed by atoms with Crippen LogP contribution in [0.4, 0.5) is 0 Å². The fourth-order valence-corrected chi connectivity index (χ4v) is 6.01. The van der Waals surface area contributed by atoms with E-state index in [4.69, 9.17) is 5.11 Å². The van der Waals surface area contributed by atoms with Crippen LogP contribution >= 0.6 is 27.3 Å². The minimum atomic E-state index is -3.37. The van der Waals surface area contributed by atoms with Gasteiger partial charge in [-0.3, -0.25) is 0 Å². The Hall–Kier alpha value is 0.0500. The average molecular weight is 354 g/mol. The van der Waals surface area contributed by atoms with E-state index in [-0.39, 0.29) is 12.5 Å². The lowest BCUT2D eigenvalue weighted by atomic mass is 10.00. The number of aliphatic hydroxyl groups excluding tert-OH is 1. The van der Waals surface area contributed by atoms with E-state index in [0.717, 1.165) is 21.5 Å². The maximum Gasteiger partial charge on any atom is 0.244 e. The molecule has 1 saturated heterocycles. The smallest absolute Gasteiger partial charge is 0.244 e. The summed E-state index contributed by atoms with van der Waals surface area (Å²) >= 11 is 4.76. The topological polar surface area (TPSA) is 57.6 Å². The van der Waals surface area contributed by atoms with Gasteiger partial charge in [0.1, 0.15) is 0 Å². The summed E-state index contributed by atoms with van der Waals surface area (Å²) < 4.78 is 27.3. The fraction of sp³-hybridized carbons (Fsp3) is 0.636. The van der Waals surface area contributed by atoms with E-state index >= 15 is 0 Å². The first-order valence-electron chi connectivity index (χ1n) is 5.82. The van der Waals surface area contributed by atoms with Crippen molar-refractivity contribution in [3.05, 3.63) is 14.7 Å². The van der Waals surface area contributed by atoms with Crippen molar-refractivity contribution in [2.24, 2.45) is 5.92 Å². The van der Waals surface area contributed by atoms with Crippen LogP contribution in [-0.2, 0) is 10.0 Å². The number of nitrogens with zero attached hydrogens (tertiary/aromatic N) is 1. The van der Waals surface area contributed by atoms with Gasteiger partial charge >= 0.3 is 0 Å². The highest BCUT2D eigenvalue weighted by molar-refractivity contribution is 9.11. The first-order valence-corrected chi connectivity index (χ1v) is 8.87. The number of rotatable bonds is 3. The predicted molar refractivity (Wildman–Crippen MR) is 75.3 cm³/mol. The molecule has 0 bridgehead atoms. The number of hydrogen-bond acceptors (Lipinski definition) is 4. The van der Waals surface area contributed by atoms with Crippen LogP contribution in [0, 0.1) is 12.8 Å². The summed E-state index contributed by atoms with van der Waals surface area (Å²) in [4.78, 5) is 1.22. The van der Waals surface area contributed by atoms with Crippen molar-refractivity contribution in [3.63, 3.8) is 0 Å². The van der Waals surface area contributed by atoms with E-state index in [0.29, 0.717) is 18.0 Å². The number of aliphatic hydroxyl groups is 1. The normalized spacial score (nSPS) is 19.3. The Kier molecular flexibility index (Phi) is 4.48. The van der Waals surface area contributed by atoms with Gasteiger partial charge in [0, 0.05) is 24.6 Å². The van der Waals surface area contributed by atoms with Crippen LogP contribution in [0.2, 0.25) is 0 Å². The minimum Gasteiger partial charge on any atom is -0.396 e. The van der Waals surface area contributed by atoms with Crippen molar-refractivity contribution in [1.82, 2.24) is 4.31 Å². The molecule has 0 aliphatic carbocycles. The molecule has 102 valence electrons. The molecule has 0 radical (unpaired) electrons. The molecule has 4 nitrogen and oxygen atoms in total. The Morgan fingerprint density at radius 2 is 2.11 bits per heavy atom. The summed E-state index contributed by atoms with van der Waals surface area (Å²) in [5.74, 6) is 0.242. The van der Waals surface area contributed by atoms with Gasteiger partial charge in [-0.05, 0) is 47.7 Å². The van der Waals surface area contributed by atoms with E-state index in [1.54, 1.807) is 6.07 Å². The van der Waals surface area contributed by atoms with Crippen LogP contribution in [0.5, 0.6) is 0 Å². The molecular weight excluding hydrogens is 338 g/mol. The zero-order chi connectivity index (χ0) is 13.3. The molecule has 1 fully saturated rings. The standard InChI is InChI=1S/C11H16BrNO3S2/c1-8-10(6-11(12)17-8)18(15,16)13-4-2-9(7-14)3-5-13/h6,9,14H,2-5,7H2,1H3. The number of sulfonamides is 1. The zero-order valence-corrected chi connectivity index (χ0v) is 13.3. The fourth-order valence-electron chi connectivity index (χ4n) is 2.16. The van der Waals surface area contributed by atoms with Crippen molar-refractivity contribution in [2.75, 3.05) is 19.7 Å².